The van der Waals surface area contributed by atoms with Crippen molar-refractivity contribution < 1.29 is 9.59 Å². The van der Waals surface area contributed by atoms with Gasteiger partial charge in [-0.2, -0.15) is 0 Å². The highest BCUT2D eigenvalue weighted by Crippen LogP contribution is 2.19. The summed E-state index contributed by atoms with van der Waals surface area (Å²) >= 11 is 0. The summed E-state index contributed by atoms with van der Waals surface area (Å²) in [6, 6.07) is 11.7. The normalized spacial score (nSPS) is 14.7. The van der Waals surface area contributed by atoms with E-state index in [0.29, 0.717) is 32.5 Å². The number of rotatable bonds is 6. The topological polar surface area (TPSA) is 66.4 Å². The van der Waals surface area contributed by atoms with Gasteiger partial charge in [0.2, 0.25) is 5.91 Å². The molecule has 0 atom stereocenters. The van der Waals surface area contributed by atoms with Crippen LogP contribution in [0, 0.1) is 6.92 Å². The maximum Gasteiger partial charge on any atom is 0.326 e. The molecule has 148 valence electrons. The van der Waals surface area contributed by atoms with Crippen molar-refractivity contribution in [3.05, 3.63) is 71.7 Å². The Labute approximate surface area is 170 Å². The van der Waals surface area contributed by atoms with Crippen LogP contribution in [0.2, 0.25) is 0 Å². The van der Waals surface area contributed by atoms with Crippen molar-refractivity contribution in [2.45, 2.75) is 26.2 Å². The molecule has 1 aliphatic heterocycles. The highest BCUT2D eigenvalue weighted by atomic mass is 16.2. The number of imide groups is 1. The number of carbonyl (C=O) groups is 2. The Bertz CT molecular complexity index is 1040. The number of benzene rings is 1. The number of para-hydroxylation sites is 1. The number of urea groups is 1. The molecular weight excluding hydrogens is 364 g/mol. The SMILES string of the molecule is Cc1cnccc1CCN1CCC(=O)N(CCc2ccnc3ccccc23)C1=O. The Morgan fingerprint density at radius 2 is 1.76 bits per heavy atom. The first-order chi connectivity index (χ1) is 14.1. The van der Waals surface area contributed by atoms with E-state index in [4.69, 9.17) is 0 Å². The van der Waals surface area contributed by atoms with Gasteiger partial charge in [0.05, 0.1) is 5.52 Å². The quantitative estimate of drug-likeness (QED) is 0.649. The minimum Gasteiger partial charge on any atom is -0.323 e. The van der Waals surface area contributed by atoms with E-state index < -0.39 is 0 Å². The highest BCUT2D eigenvalue weighted by molar-refractivity contribution is 5.96. The van der Waals surface area contributed by atoms with Crippen LogP contribution < -0.4 is 0 Å². The van der Waals surface area contributed by atoms with Crippen molar-refractivity contribution in [2.24, 2.45) is 0 Å². The van der Waals surface area contributed by atoms with Crippen molar-refractivity contribution in [2.75, 3.05) is 19.6 Å². The van der Waals surface area contributed by atoms with E-state index in [1.54, 1.807) is 17.3 Å². The molecule has 0 saturated carbocycles. The summed E-state index contributed by atoms with van der Waals surface area (Å²) in [6.07, 6.45) is 7.14. The van der Waals surface area contributed by atoms with Crippen LogP contribution in [-0.2, 0) is 17.6 Å². The largest absolute Gasteiger partial charge is 0.326 e. The average Bonchev–Trinajstić information content (AvgIpc) is 2.74. The molecule has 6 nitrogen and oxygen atoms in total. The van der Waals surface area contributed by atoms with Crippen molar-refractivity contribution in [3.63, 3.8) is 0 Å². The van der Waals surface area contributed by atoms with E-state index >= 15 is 0 Å². The predicted molar refractivity (Wildman–Crippen MR) is 111 cm³/mol. The van der Waals surface area contributed by atoms with Crippen LogP contribution >= 0.6 is 0 Å². The summed E-state index contributed by atoms with van der Waals surface area (Å²) in [6.45, 7) is 3.49. The molecule has 4 rings (SSSR count). The zero-order valence-electron chi connectivity index (χ0n) is 16.5. The van der Waals surface area contributed by atoms with Gasteiger partial charge in [0.1, 0.15) is 0 Å². The molecule has 29 heavy (non-hydrogen) atoms. The summed E-state index contributed by atoms with van der Waals surface area (Å²) in [4.78, 5) is 37.0. The highest BCUT2D eigenvalue weighted by Gasteiger charge is 2.31. The maximum absolute atomic E-state index is 12.9. The number of aromatic nitrogens is 2. The molecule has 1 aliphatic rings. The molecule has 0 spiro atoms. The molecule has 1 fully saturated rings. The molecule has 6 heteroatoms. The number of hydrogen-bond donors (Lipinski definition) is 0. The van der Waals surface area contributed by atoms with Gasteiger partial charge in [-0.05, 0) is 54.7 Å². The first-order valence-electron chi connectivity index (χ1n) is 9.95. The minimum absolute atomic E-state index is 0.0929. The number of carbonyl (C=O) groups excluding carboxylic acids is 2. The molecule has 0 radical (unpaired) electrons. The number of nitrogens with zero attached hydrogens (tertiary/aromatic N) is 4. The van der Waals surface area contributed by atoms with E-state index in [1.807, 2.05) is 49.5 Å². The molecule has 0 unspecified atom stereocenters. The zero-order valence-corrected chi connectivity index (χ0v) is 16.5. The van der Waals surface area contributed by atoms with Crippen LogP contribution in [-0.4, -0.2) is 51.3 Å². The van der Waals surface area contributed by atoms with E-state index in [2.05, 4.69) is 9.97 Å². The lowest BCUT2D eigenvalue weighted by Crippen LogP contribution is -2.53. The second-order valence-electron chi connectivity index (χ2n) is 7.35. The standard InChI is InChI=1S/C23H24N4O2/c1-17-16-24-11-6-18(17)8-13-26-14-10-22(28)27(23(26)29)15-9-19-7-12-25-21-5-3-2-4-20(19)21/h2-7,11-12,16H,8-10,13-15H2,1H3. The average molecular weight is 388 g/mol. The van der Waals surface area contributed by atoms with Crippen LogP contribution in [0.25, 0.3) is 10.9 Å². The van der Waals surface area contributed by atoms with Gasteiger partial charge in [-0.15, -0.1) is 0 Å². The van der Waals surface area contributed by atoms with Gasteiger partial charge in [-0.1, -0.05) is 18.2 Å². The van der Waals surface area contributed by atoms with Gasteiger partial charge in [0.15, 0.2) is 0 Å². The van der Waals surface area contributed by atoms with Gasteiger partial charge in [0.25, 0.3) is 0 Å². The van der Waals surface area contributed by atoms with E-state index in [-0.39, 0.29) is 11.9 Å². The molecule has 0 bridgehead atoms. The lowest BCUT2D eigenvalue weighted by atomic mass is 10.1. The molecule has 0 N–H and O–H groups in total. The van der Waals surface area contributed by atoms with Gasteiger partial charge >= 0.3 is 6.03 Å². The Morgan fingerprint density at radius 1 is 0.966 bits per heavy atom. The van der Waals surface area contributed by atoms with Gasteiger partial charge in [-0.25, -0.2) is 4.79 Å². The molecule has 1 aromatic carbocycles. The van der Waals surface area contributed by atoms with E-state index in [1.165, 1.54) is 10.5 Å². The maximum atomic E-state index is 12.9. The molecule has 2 aromatic heterocycles. The summed E-state index contributed by atoms with van der Waals surface area (Å²) in [5.41, 5.74) is 4.32. The number of fused-ring (bicyclic) bond motifs is 1. The van der Waals surface area contributed by atoms with Crippen LogP contribution in [0.15, 0.2) is 55.0 Å². The van der Waals surface area contributed by atoms with Crippen molar-refractivity contribution in [3.8, 4) is 0 Å². The third-order valence-electron chi connectivity index (χ3n) is 5.53. The summed E-state index contributed by atoms with van der Waals surface area (Å²) in [7, 11) is 0. The monoisotopic (exact) mass is 388 g/mol. The Balaban J connectivity index is 1.43. The minimum atomic E-state index is -0.189. The van der Waals surface area contributed by atoms with Gasteiger partial charge in [0, 0.05) is 50.0 Å². The third-order valence-corrected chi connectivity index (χ3v) is 5.53. The lowest BCUT2D eigenvalue weighted by Gasteiger charge is -2.34. The number of pyridine rings is 2. The smallest absolute Gasteiger partial charge is 0.323 e. The van der Waals surface area contributed by atoms with Gasteiger partial charge < -0.3 is 4.90 Å². The molecule has 3 heterocycles. The number of aryl methyl sites for hydroxylation is 1. The molecule has 0 aliphatic carbocycles. The summed E-state index contributed by atoms with van der Waals surface area (Å²) < 4.78 is 0. The number of amides is 3. The molecule has 3 amide bonds. The third kappa shape index (κ3) is 4.11. The Kier molecular flexibility index (Phi) is 5.51. The van der Waals surface area contributed by atoms with Crippen molar-refractivity contribution in [1.82, 2.24) is 19.8 Å². The fourth-order valence-corrected chi connectivity index (χ4v) is 3.81. The summed E-state index contributed by atoms with van der Waals surface area (Å²) in [5, 5.41) is 1.07. The Hall–Kier alpha value is -3.28. The molecular formula is C23H24N4O2. The van der Waals surface area contributed by atoms with Crippen molar-refractivity contribution in [1.29, 1.82) is 0 Å². The summed E-state index contributed by atoms with van der Waals surface area (Å²) in [5.74, 6) is -0.0929. The van der Waals surface area contributed by atoms with Crippen molar-refractivity contribution >= 4 is 22.8 Å². The van der Waals surface area contributed by atoms with Crippen LogP contribution in [0.1, 0.15) is 23.1 Å². The Morgan fingerprint density at radius 3 is 2.62 bits per heavy atom. The lowest BCUT2D eigenvalue weighted by molar-refractivity contribution is -0.130. The van der Waals surface area contributed by atoms with Gasteiger partial charge in [-0.3, -0.25) is 19.7 Å². The first-order valence-corrected chi connectivity index (χ1v) is 9.95. The van der Waals surface area contributed by atoms with E-state index in [9.17, 15) is 9.59 Å². The molecule has 1 saturated heterocycles. The van der Waals surface area contributed by atoms with E-state index in [0.717, 1.165) is 28.5 Å². The van der Waals surface area contributed by atoms with Crippen LogP contribution in [0.3, 0.4) is 0 Å². The van der Waals surface area contributed by atoms with Crippen LogP contribution in [0.5, 0.6) is 0 Å². The fraction of sp³-hybridized carbons (Fsp3) is 0.304. The van der Waals surface area contributed by atoms with Crippen LogP contribution in [0.4, 0.5) is 4.79 Å². The zero-order chi connectivity index (χ0) is 20.2. The number of hydrogen-bond acceptors (Lipinski definition) is 4. The first kappa shape index (κ1) is 19.1. The second kappa shape index (κ2) is 8.39. The predicted octanol–water partition coefficient (Wildman–Crippen LogP) is 3.38. The molecule has 3 aromatic rings. The second-order valence-corrected chi connectivity index (χ2v) is 7.35. The fourth-order valence-electron chi connectivity index (χ4n) is 3.81.